The molecule has 2 aromatic heterocycles. The lowest BCUT2D eigenvalue weighted by molar-refractivity contribution is 0.794. The van der Waals surface area contributed by atoms with Crippen molar-refractivity contribution in [3.63, 3.8) is 0 Å². The zero-order valence-corrected chi connectivity index (χ0v) is 11.9. The maximum atomic E-state index is 5.85. The number of rotatable bonds is 2. The minimum absolute atomic E-state index is 0.379. The van der Waals surface area contributed by atoms with Gasteiger partial charge in [0, 0.05) is 11.4 Å². The topological polar surface area (TPSA) is 56.7 Å². The van der Waals surface area contributed by atoms with Gasteiger partial charge in [0.05, 0.1) is 11.3 Å². The third-order valence-corrected chi connectivity index (χ3v) is 3.73. The van der Waals surface area contributed by atoms with Crippen molar-refractivity contribution in [2.24, 2.45) is 5.73 Å². The Hall–Kier alpha value is -1.75. The fourth-order valence-electron chi connectivity index (χ4n) is 2.65. The summed E-state index contributed by atoms with van der Waals surface area (Å²) in [5.74, 6) is 0.763. The molecule has 2 aromatic rings. The van der Waals surface area contributed by atoms with Gasteiger partial charge >= 0.3 is 0 Å². The van der Waals surface area contributed by atoms with Crippen molar-refractivity contribution in [1.82, 2.24) is 14.8 Å². The van der Waals surface area contributed by atoms with Gasteiger partial charge in [-0.2, -0.15) is 5.10 Å². The van der Waals surface area contributed by atoms with Crippen LogP contribution in [0.1, 0.15) is 34.6 Å². The highest BCUT2D eigenvalue weighted by Crippen LogP contribution is 2.25. The molecule has 2 N–H and O–H groups in total. The highest BCUT2D eigenvalue weighted by molar-refractivity contribution is 7.80. The Bertz CT molecular complexity index is 672. The van der Waals surface area contributed by atoms with E-state index in [2.05, 4.69) is 11.2 Å². The average molecular weight is 272 g/mol. The van der Waals surface area contributed by atoms with E-state index in [0.717, 1.165) is 47.7 Å². The first kappa shape index (κ1) is 12.3. The fourth-order valence-corrected chi connectivity index (χ4v) is 2.80. The van der Waals surface area contributed by atoms with Gasteiger partial charge in [-0.15, -0.1) is 0 Å². The van der Waals surface area contributed by atoms with Gasteiger partial charge < -0.3 is 5.73 Å². The molecule has 0 aromatic carbocycles. The molecule has 1 aliphatic carbocycles. The molecule has 4 nitrogen and oxygen atoms in total. The van der Waals surface area contributed by atoms with Crippen LogP contribution in [0.2, 0.25) is 0 Å². The monoisotopic (exact) mass is 272 g/mol. The van der Waals surface area contributed by atoms with Crippen molar-refractivity contribution in [3.8, 4) is 5.82 Å². The first-order valence-corrected chi connectivity index (χ1v) is 6.83. The van der Waals surface area contributed by atoms with Crippen molar-refractivity contribution in [1.29, 1.82) is 0 Å². The van der Waals surface area contributed by atoms with Crippen molar-refractivity contribution in [2.75, 3.05) is 0 Å². The third-order valence-electron chi connectivity index (χ3n) is 3.51. The van der Waals surface area contributed by atoms with Gasteiger partial charge in [0.15, 0.2) is 5.82 Å². The molecule has 98 valence electrons. The summed E-state index contributed by atoms with van der Waals surface area (Å²) in [5.41, 5.74) is 11.1. The molecule has 0 radical (unpaired) electrons. The Morgan fingerprint density at radius 2 is 2.11 bits per heavy atom. The summed E-state index contributed by atoms with van der Waals surface area (Å²) in [5, 5.41) is 4.49. The second kappa shape index (κ2) is 4.42. The van der Waals surface area contributed by atoms with Gasteiger partial charge in [0.25, 0.3) is 0 Å². The van der Waals surface area contributed by atoms with E-state index in [-0.39, 0.29) is 0 Å². The summed E-state index contributed by atoms with van der Waals surface area (Å²) in [4.78, 5) is 5.13. The molecule has 0 saturated heterocycles. The number of pyridine rings is 1. The van der Waals surface area contributed by atoms with Crippen LogP contribution in [0.15, 0.2) is 12.1 Å². The summed E-state index contributed by atoms with van der Waals surface area (Å²) >= 11 is 5.17. The zero-order chi connectivity index (χ0) is 13.6. The minimum atomic E-state index is 0.379. The predicted molar refractivity (Wildman–Crippen MR) is 78.7 cm³/mol. The van der Waals surface area contributed by atoms with Crippen LogP contribution >= 0.6 is 12.2 Å². The zero-order valence-electron chi connectivity index (χ0n) is 11.1. The average Bonchev–Trinajstić information content (AvgIpc) is 2.92. The van der Waals surface area contributed by atoms with Gasteiger partial charge in [-0.1, -0.05) is 12.2 Å². The molecule has 0 fully saturated rings. The lowest BCUT2D eigenvalue weighted by Crippen LogP contribution is -2.17. The number of fused-ring (bicyclic) bond motifs is 1. The Labute approximate surface area is 117 Å². The van der Waals surface area contributed by atoms with Crippen LogP contribution in [0.25, 0.3) is 5.82 Å². The number of aromatic nitrogens is 3. The van der Waals surface area contributed by atoms with E-state index in [1.54, 1.807) is 0 Å². The van der Waals surface area contributed by atoms with Crippen molar-refractivity contribution >= 4 is 17.2 Å². The number of hydrogen-bond acceptors (Lipinski definition) is 3. The van der Waals surface area contributed by atoms with Crippen molar-refractivity contribution in [2.45, 2.75) is 33.1 Å². The van der Waals surface area contributed by atoms with E-state index in [0.29, 0.717) is 4.99 Å². The molecule has 0 unspecified atom stereocenters. The lowest BCUT2D eigenvalue weighted by Gasteiger charge is -2.12. The van der Waals surface area contributed by atoms with Crippen molar-refractivity contribution in [3.05, 3.63) is 40.3 Å². The Morgan fingerprint density at radius 1 is 1.32 bits per heavy atom. The molecular weight excluding hydrogens is 256 g/mol. The standard InChI is InChI=1S/C14H16N4S/c1-8-6-9(2)18(17-8)14-11(13(15)19)7-10-4-3-5-12(10)16-14/h6-7H,3-5H2,1-2H3,(H2,15,19). The Kier molecular flexibility index (Phi) is 2.86. The van der Waals surface area contributed by atoms with Gasteiger partial charge in [-0.05, 0) is 50.8 Å². The number of nitrogens with two attached hydrogens (primary N) is 1. The smallest absolute Gasteiger partial charge is 0.164 e. The number of nitrogens with zero attached hydrogens (tertiary/aromatic N) is 3. The first-order chi connectivity index (χ1) is 9.06. The number of thiocarbonyl (C=S) groups is 1. The van der Waals surface area contributed by atoms with Crippen LogP contribution < -0.4 is 5.73 Å². The van der Waals surface area contributed by atoms with E-state index >= 15 is 0 Å². The van der Waals surface area contributed by atoms with E-state index in [1.807, 2.05) is 24.6 Å². The third kappa shape index (κ3) is 2.04. The second-order valence-electron chi connectivity index (χ2n) is 5.02. The predicted octanol–water partition coefficient (Wildman–Crippen LogP) is 2.01. The second-order valence-corrected chi connectivity index (χ2v) is 5.46. The quantitative estimate of drug-likeness (QED) is 0.850. The molecule has 0 atom stereocenters. The van der Waals surface area contributed by atoms with Crippen LogP contribution in [-0.4, -0.2) is 19.8 Å². The van der Waals surface area contributed by atoms with Crippen LogP contribution in [0.5, 0.6) is 0 Å². The summed E-state index contributed by atoms with van der Waals surface area (Å²) < 4.78 is 1.84. The molecule has 0 bridgehead atoms. The Balaban J connectivity index is 2.25. The van der Waals surface area contributed by atoms with Crippen LogP contribution in [0.3, 0.4) is 0 Å². The van der Waals surface area contributed by atoms with Gasteiger partial charge in [0.2, 0.25) is 0 Å². The molecule has 0 saturated carbocycles. The van der Waals surface area contributed by atoms with E-state index in [9.17, 15) is 0 Å². The largest absolute Gasteiger partial charge is 0.389 e. The van der Waals surface area contributed by atoms with Crippen molar-refractivity contribution < 1.29 is 0 Å². The molecule has 0 aliphatic heterocycles. The molecule has 1 aliphatic rings. The molecule has 19 heavy (non-hydrogen) atoms. The molecule has 3 rings (SSSR count). The first-order valence-electron chi connectivity index (χ1n) is 6.42. The molecule has 0 spiro atoms. The van der Waals surface area contributed by atoms with Gasteiger partial charge in [0.1, 0.15) is 4.99 Å². The van der Waals surface area contributed by atoms with E-state index < -0.39 is 0 Å². The highest BCUT2D eigenvalue weighted by Gasteiger charge is 2.19. The number of aryl methyl sites for hydroxylation is 4. The minimum Gasteiger partial charge on any atom is -0.389 e. The van der Waals surface area contributed by atoms with Gasteiger partial charge in [-0.25, -0.2) is 9.67 Å². The Morgan fingerprint density at radius 3 is 2.74 bits per heavy atom. The molecule has 0 amide bonds. The van der Waals surface area contributed by atoms with Crippen LogP contribution in [0.4, 0.5) is 0 Å². The van der Waals surface area contributed by atoms with Crippen LogP contribution in [-0.2, 0) is 12.8 Å². The summed E-state index contributed by atoms with van der Waals surface area (Å²) in [7, 11) is 0. The SMILES string of the molecule is Cc1cc(C)n(-c2nc3c(cc2C(N)=S)CCC3)n1. The summed E-state index contributed by atoms with van der Waals surface area (Å²) in [6.45, 7) is 3.98. The summed E-state index contributed by atoms with van der Waals surface area (Å²) in [6, 6.07) is 4.11. The molecule has 2 heterocycles. The highest BCUT2D eigenvalue weighted by atomic mass is 32.1. The van der Waals surface area contributed by atoms with Gasteiger partial charge in [-0.3, -0.25) is 0 Å². The molecule has 5 heteroatoms. The van der Waals surface area contributed by atoms with E-state index in [1.165, 1.54) is 5.56 Å². The molecular formula is C14H16N4S. The summed E-state index contributed by atoms with van der Waals surface area (Å²) in [6.07, 6.45) is 3.24. The van der Waals surface area contributed by atoms with Crippen LogP contribution in [0, 0.1) is 13.8 Å². The maximum Gasteiger partial charge on any atom is 0.164 e. The lowest BCUT2D eigenvalue weighted by atomic mass is 10.1. The normalized spacial score (nSPS) is 13.6. The van der Waals surface area contributed by atoms with E-state index in [4.69, 9.17) is 22.9 Å². The fraction of sp³-hybridized carbons (Fsp3) is 0.357. The number of hydrogen-bond donors (Lipinski definition) is 1. The maximum absolute atomic E-state index is 5.85.